The van der Waals surface area contributed by atoms with Crippen LogP contribution < -0.4 is 0 Å². The smallest absolute Gasteiger partial charge is 0.289 e. The number of hydrogen-bond donors (Lipinski definition) is 0. The highest BCUT2D eigenvalue weighted by molar-refractivity contribution is 5.91. The van der Waals surface area contributed by atoms with Crippen molar-refractivity contribution in [3.63, 3.8) is 0 Å². The summed E-state index contributed by atoms with van der Waals surface area (Å²) in [6.45, 7) is 2.32. The largest absolute Gasteiger partial charge is 0.459 e. The lowest BCUT2D eigenvalue weighted by Gasteiger charge is -2.31. The first kappa shape index (κ1) is 9.76. The molecule has 1 aliphatic rings. The molecule has 2 heterocycles. The SMILES string of the molecule is O=CN1CCN(C(=O)c2ccco2)CC1. The standard InChI is InChI=1S/C10H12N2O3/c13-8-11-3-5-12(6-4-11)10(14)9-2-1-7-15-9/h1-2,7-8H,3-6H2. The second kappa shape index (κ2) is 4.16. The van der Waals surface area contributed by atoms with Crippen molar-refractivity contribution >= 4 is 12.3 Å². The second-order valence-corrected chi connectivity index (χ2v) is 3.41. The van der Waals surface area contributed by atoms with Crippen molar-refractivity contribution in [2.75, 3.05) is 26.2 Å². The van der Waals surface area contributed by atoms with Gasteiger partial charge in [0.2, 0.25) is 6.41 Å². The van der Waals surface area contributed by atoms with Crippen LogP contribution in [0, 0.1) is 0 Å². The number of carbonyl (C=O) groups is 2. The van der Waals surface area contributed by atoms with Crippen LogP contribution in [-0.4, -0.2) is 48.3 Å². The molecule has 0 spiro atoms. The van der Waals surface area contributed by atoms with Gasteiger partial charge in [-0.25, -0.2) is 0 Å². The molecule has 0 aromatic carbocycles. The zero-order valence-electron chi connectivity index (χ0n) is 8.26. The summed E-state index contributed by atoms with van der Waals surface area (Å²) in [5.41, 5.74) is 0. The fraction of sp³-hybridized carbons (Fsp3) is 0.400. The molecule has 1 aliphatic heterocycles. The molecule has 0 radical (unpaired) electrons. The van der Waals surface area contributed by atoms with Crippen LogP contribution in [0.1, 0.15) is 10.6 Å². The quantitative estimate of drug-likeness (QED) is 0.652. The number of hydrogen-bond acceptors (Lipinski definition) is 3. The van der Waals surface area contributed by atoms with Crippen molar-refractivity contribution in [2.24, 2.45) is 0 Å². The van der Waals surface area contributed by atoms with Gasteiger partial charge in [-0.15, -0.1) is 0 Å². The van der Waals surface area contributed by atoms with E-state index in [4.69, 9.17) is 4.42 Å². The number of piperazine rings is 1. The fourth-order valence-corrected chi connectivity index (χ4v) is 1.59. The Bertz CT molecular complexity index is 340. The molecule has 1 aromatic heterocycles. The summed E-state index contributed by atoms with van der Waals surface area (Å²) in [7, 11) is 0. The summed E-state index contributed by atoms with van der Waals surface area (Å²) in [6.07, 6.45) is 2.30. The molecule has 1 aromatic rings. The summed E-state index contributed by atoms with van der Waals surface area (Å²) < 4.78 is 5.03. The lowest BCUT2D eigenvalue weighted by Crippen LogP contribution is -2.48. The van der Waals surface area contributed by atoms with Crippen molar-refractivity contribution in [1.29, 1.82) is 0 Å². The van der Waals surface area contributed by atoms with Gasteiger partial charge in [-0.2, -0.15) is 0 Å². The van der Waals surface area contributed by atoms with Crippen LogP contribution in [0.2, 0.25) is 0 Å². The minimum atomic E-state index is -0.106. The summed E-state index contributed by atoms with van der Waals surface area (Å²) in [5, 5.41) is 0. The maximum Gasteiger partial charge on any atom is 0.289 e. The van der Waals surface area contributed by atoms with E-state index in [-0.39, 0.29) is 5.91 Å². The van der Waals surface area contributed by atoms with Gasteiger partial charge in [0.05, 0.1) is 6.26 Å². The van der Waals surface area contributed by atoms with E-state index in [0.29, 0.717) is 31.9 Å². The van der Waals surface area contributed by atoms with E-state index >= 15 is 0 Å². The van der Waals surface area contributed by atoms with Crippen LogP contribution in [0.25, 0.3) is 0 Å². The number of nitrogens with zero attached hydrogens (tertiary/aromatic N) is 2. The molecular formula is C10H12N2O3. The van der Waals surface area contributed by atoms with Crippen molar-refractivity contribution in [3.05, 3.63) is 24.2 Å². The Labute approximate surface area is 87.3 Å². The van der Waals surface area contributed by atoms with E-state index in [2.05, 4.69) is 0 Å². The first-order valence-corrected chi connectivity index (χ1v) is 4.83. The van der Waals surface area contributed by atoms with E-state index in [9.17, 15) is 9.59 Å². The Kier molecular flexibility index (Phi) is 2.71. The average molecular weight is 208 g/mol. The predicted octanol–water partition coefficient (Wildman–Crippen LogP) is 0.194. The zero-order valence-corrected chi connectivity index (χ0v) is 8.26. The first-order chi connectivity index (χ1) is 7.31. The third kappa shape index (κ3) is 2.01. The van der Waals surface area contributed by atoms with E-state index in [0.717, 1.165) is 6.41 Å². The third-order valence-corrected chi connectivity index (χ3v) is 2.48. The number of carbonyl (C=O) groups excluding carboxylic acids is 2. The monoisotopic (exact) mass is 208 g/mol. The van der Waals surface area contributed by atoms with Gasteiger partial charge in [-0.05, 0) is 12.1 Å². The van der Waals surface area contributed by atoms with Crippen molar-refractivity contribution in [2.45, 2.75) is 0 Å². The van der Waals surface area contributed by atoms with Crippen LogP contribution >= 0.6 is 0 Å². The Morgan fingerprint density at radius 3 is 2.60 bits per heavy atom. The lowest BCUT2D eigenvalue weighted by atomic mass is 10.3. The molecule has 15 heavy (non-hydrogen) atoms. The molecule has 0 unspecified atom stereocenters. The fourth-order valence-electron chi connectivity index (χ4n) is 1.59. The van der Waals surface area contributed by atoms with E-state index < -0.39 is 0 Å². The molecular weight excluding hydrogens is 196 g/mol. The number of furan rings is 1. The normalized spacial score (nSPS) is 16.5. The zero-order chi connectivity index (χ0) is 10.7. The van der Waals surface area contributed by atoms with E-state index in [1.165, 1.54) is 6.26 Å². The van der Waals surface area contributed by atoms with Crippen molar-refractivity contribution in [1.82, 2.24) is 9.80 Å². The molecule has 0 bridgehead atoms. The van der Waals surface area contributed by atoms with Gasteiger partial charge in [0, 0.05) is 26.2 Å². The third-order valence-electron chi connectivity index (χ3n) is 2.48. The highest BCUT2D eigenvalue weighted by Gasteiger charge is 2.22. The second-order valence-electron chi connectivity index (χ2n) is 3.41. The van der Waals surface area contributed by atoms with Gasteiger partial charge in [0.25, 0.3) is 5.91 Å². The molecule has 1 saturated heterocycles. The Balaban J connectivity index is 1.96. The van der Waals surface area contributed by atoms with Crippen molar-refractivity contribution < 1.29 is 14.0 Å². The first-order valence-electron chi connectivity index (χ1n) is 4.83. The van der Waals surface area contributed by atoms with Crippen LogP contribution in [0.5, 0.6) is 0 Å². The molecule has 1 fully saturated rings. The molecule has 5 nitrogen and oxygen atoms in total. The van der Waals surface area contributed by atoms with Crippen molar-refractivity contribution in [3.8, 4) is 0 Å². The molecule has 0 N–H and O–H groups in total. The van der Waals surface area contributed by atoms with E-state index in [1.807, 2.05) is 0 Å². The predicted molar refractivity (Wildman–Crippen MR) is 52.2 cm³/mol. The number of rotatable bonds is 2. The summed E-state index contributed by atoms with van der Waals surface area (Å²) in [4.78, 5) is 25.6. The summed E-state index contributed by atoms with van der Waals surface area (Å²) in [5.74, 6) is 0.250. The minimum Gasteiger partial charge on any atom is -0.459 e. The molecule has 80 valence electrons. The summed E-state index contributed by atoms with van der Waals surface area (Å²) in [6, 6.07) is 3.34. The highest BCUT2D eigenvalue weighted by Crippen LogP contribution is 2.08. The molecule has 0 aliphatic carbocycles. The molecule has 0 atom stereocenters. The van der Waals surface area contributed by atoms with Crippen LogP contribution in [0.3, 0.4) is 0 Å². The van der Waals surface area contributed by atoms with E-state index in [1.54, 1.807) is 21.9 Å². The van der Waals surface area contributed by atoms with Gasteiger partial charge < -0.3 is 14.2 Å². The van der Waals surface area contributed by atoms with Crippen LogP contribution in [0.15, 0.2) is 22.8 Å². The number of amides is 2. The Hall–Kier alpha value is -1.78. The molecule has 5 heteroatoms. The summed E-state index contributed by atoms with van der Waals surface area (Å²) >= 11 is 0. The molecule has 2 amide bonds. The Morgan fingerprint density at radius 2 is 2.07 bits per heavy atom. The molecule has 2 rings (SSSR count). The van der Waals surface area contributed by atoms with Gasteiger partial charge in [0.1, 0.15) is 0 Å². The van der Waals surface area contributed by atoms with Gasteiger partial charge in [-0.1, -0.05) is 0 Å². The minimum absolute atomic E-state index is 0.106. The topological polar surface area (TPSA) is 53.8 Å². The van der Waals surface area contributed by atoms with Gasteiger partial charge in [-0.3, -0.25) is 9.59 Å². The average Bonchev–Trinajstić information content (AvgIpc) is 2.82. The lowest BCUT2D eigenvalue weighted by molar-refractivity contribution is -0.119. The van der Waals surface area contributed by atoms with Gasteiger partial charge in [0.15, 0.2) is 5.76 Å². The Morgan fingerprint density at radius 1 is 1.33 bits per heavy atom. The maximum atomic E-state index is 11.8. The highest BCUT2D eigenvalue weighted by atomic mass is 16.3. The van der Waals surface area contributed by atoms with Crippen LogP contribution in [-0.2, 0) is 4.79 Å². The maximum absolute atomic E-state index is 11.8. The molecule has 0 saturated carbocycles. The van der Waals surface area contributed by atoms with Crippen LogP contribution in [0.4, 0.5) is 0 Å². The van der Waals surface area contributed by atoms with Gasteiger partial charge >= 0.3 is 0 Å².